The number of nitrogens with two attached hydrogens (primary N) is 1. The molecular weight excluding hydrogens is 296 g/mol. The number of nitrogen functional groups attached to an aromatic ring is 1. The van der Waals surface area contributed by atoms with Gasteiger partial charge in [0.05, 0.1) is 22.7 Å². The van der Waals surface area contributed by atoms with Crippen molar-refractivity contribution in [1.82, 2.24) is 4.98 Å². The second-order valence-corrected chi connectivity index (χ2v) is 5.41. The zero-order valence-corrected chi connectivity index (χ0v) is 12.4. The van der Waals surface area contributed by atoms with E-state index in [1.165, 1.54) is 18.9 Å². The van der Waals surface area contributed by atoms with Crippen LogP contribution in [-0.4, -0.2) is 18.1 Å². The third-order valence-corrected chi connectivity index (χ3v) is 3.86. The largest absolute Gasteiger partial charge is 0.465 e. The first-order chi connectivity index (χ1) is 9.61. The minimum atomic E-state index is -0.428. The Labute approximate surface area is 126 Å². The molecule has 0 amide bonds. The number of rotatable bonds is 4. The van der Waals surface area contributed by atoms with Gasteiger partial charge in [-0.3, -0.25) is 0 Å². The number of halogens is 1. The van der Waals surface area contributed by atoms with Crippen LogP contribution < -0.4 is 5.73 Å². The molecule has 1 aromatic carbocycles. The lowest BCUT2D eigenvalue weighted by molar-refractivity contribution is 0.0601. The van der Waals surface area contributed by atoms with Crippen molar-refractivity contribution in [3.8, 4) is 0 Å². The van der Waals surface area contributed by atoms with Crippen LogP contribution in [0, 0.1) is 0 Å². The standard InChI is InChI=1S/C14H13ClN2O2S/c1-19-14(18)13-9(3-2-4-11(13)16)8-20-12-6-5-10(15)7-17-12/h2-7H,8,16H2,1H3. The summed E-state index contributed by atoms with van der Waals surface area (Å²) < 4.78 is 4.76. The minimum Gasteiger partial charge on any atom is -0.465 e. The monoisotopic (exact) mass is 308 g/mol. The number of thioether (sulfide) groups is 1. The first kappa shape index (κ1) is 14.7. The minimum absolute atomic E-state index is 0.413. The third-order valence-electron chi connectivity index (χ3n) is 2.65. The van der Waals surface area contributed by atoms with Crippen LogP contribution in [0.2, 0.25) is 5.02 Å². The van der Waals surface area contributed by atoms with Gasteiger partial charge in [0.15, 0.2) is 0 Å². The van der Waals surface area contributed by atoms with Crippen molar-refractivity contribution < 1.29 is 9.53 Å². The first-order valence-electron chi connectivity index (χ1n) is 5.82. The molecule has 104 valence electrons. The molecular formula is C14H13ClN2O2S. The lowest BCUT2D eigenvalue weighted by Crippen LogP contribution is -2.09. The fourth-order valence-electron chi connectivity index (χ4n) is 1.69. The van der Waals surface area contributed by atoms with Crippen molar-refractivity contribution in [2.45, 2.75) is 10.8 Å². The van der Waals surface area contributed by atoms with E-state index in [4.69, 9.17) is 22.1 Å². The van der Waals surface area contributed by atoms with Gasteiger partial charge < -0.3 is 10.5 Å². The third kappa shape index (κ3) is 3.43. The second-order valence-electron chi connectivity index (χ2n) is 3.98. The molecule has 0 spiro atoms. The predicted molar refractivity (Wildman–Crippen MR) is 81.0 cm³/mol. The van der Waals surface area contributed by atoms with E-state index in [-0.39, 0.29) is 0 Å². The quantitative estimate of drug-likeness (QED) is 0.533. The van der Waals surface area contributed by atoms with Gasteiger partial charge in [0.25, 0.3) is 0 Å². The SMILES string of the molecule is COC(=O)c1c(N)cccc1CSc1ccc(Cl)cn1. The average molecular weight is 309 g/mol. The van der Waals surface area contributed by atoms with Crippen LogP contribution in [0.3, 0.4) is 0 Å². The summed E-state index contributed by atoms with van der Waals surface area (Å²) in [6, 6.07) is 8.95. The summed E-state index contributed by atoms with van der Waals surface area (Å²) in [5, 5.41) is 1.42. The maximum Gasteiger partial charge on any atom is 0.340 e. The highest BCUT2D eigenvalue weighted by Gasteiger charge is 2.15. The lowest BCUT2D eigenvalue weighted by atomic mass is 10.1. The number of carbonyl (C=O) groups excluding carboxylic acids is 1. The van der Waals surface area contributed by atoms with Gasteiger partial charge in [-0.25, -0.2) is 9.78 Å². The number of anilines is 1. The molecule has 1 aromatic heterocycles. The predicted octanol–water partition coefficient (Wildman–Crippen LogP) is 3.40. The van der Waals surface area contributed by atoms with Crippen LogP contribution in [-0.2, 0) is 10.5 Å². The van der Waals surface area contributed by atoms with Crippen LogP contribution in [0.15, 0.2) is 41.6 Å². The van der Waals surface area contributed by atoms with Crippen LogP contribution in [0.5, 0.6) is 0 Å². The van der Waals surface area contributed by atoms with Gasteiger partial charge in [0, 0.05) is 17.6 Å². The maximum absolute atomic E-state index is 11.8. The van der Waals surface area contributed by atoms with Gasteiger partial charge in [0.1, 0.15) is 0 Å². The van der Waals surface area contributed by atoms with E-state index in [1.807, 2.05) is 18.2 Å². The topological polar surface area (TPSA) is 65.2 Å². The van der Waals surface area contributed by atoms with E-state index in [0.717, 1.165) is 10.6 Å². The second kappa shape index (κ2) is 6.63. The molecule has 2 N–H and O–H groups in total. The van der Waals surface area contributed by atoms with E-state index < -0.39 is 5.97 Å². The number of benzene rings is 1. The molecule has 0 saturated carbocycles. The highest BCUT2D eigenvalue weighted by Crippen LogP contribution is 2.26. The Hall–Kier alpha value is -1.72. The Kier molecular flexibility index (Phi) is 4.87. The molecule has 6 heteroatoms. The molecule has 0 aliphatic carbocycles. The van der Waals surface area contributed by atoms with Crippen LogP contribution in [0.25, 0.3) is 0 Å². The number of pyridine rings is 1. The normalized spacial score (nSPS) is 10.3. The van der Waals surface area contributed by atoms with Crippen LogP contribution in [0.4, 0.5) is 5.69 Å². The van der Waals surface area contributed by atoms with Gasteiger partial charge >= 0.3 is 5.97 Å². The molecule has 0 radical (unpaired) electrons. The van der Waals surface area contributed by atoms with E-state index >= 15 is 0 Å². The summed E-state index contributed by atoms with van der Waals surface area (Å²) in [6.07, 6.45) is 1.59. The number of ether oxygens (including phenoxy) is 1. The summed E-state index contributed by atoms with van der Waals surface area (Å²) in [5.74, 6) is 0.146. The lowest BCUT2D eigenvalue weighted by Gasteiger charge is -2.10. The summed E-state index contributed by atoms with van der Waals surface area (Å²) in [5.41, 5.74) is 7.49. The Bertz CT molecular complexity index is 617. The number of esters is 1. The van der Waals surface area contributed by atoms with Crippen molar-refractivity contribution in [3.63, 3.8) is 0 Å². The summed E-state index contributed by atoms with van der Waals surface area (Å²) in [7, 11) is 1.34. The molecule has 2 aromatic rings. The van der Waals surface area contributed by atoms with Crippen molar-refractivity contribution in [3.05, 3.63) is 52.7 Å². The highest BCUT2D eigenvalue weighted by atomic mass is 35.5. The summed E-state index contributed by atoms with van der Waals surface area (Å²) >= 11 is 7.29. The molecule has 0 saturated heterocycles. The van der Waals surface area contributed by atoms with Crippen molar-refractivity contribution >= 4 is 35.0 Å². The van der Waals surface area contributed by atoms with Gasteiger partial charge in [-0.2, -0.15) is 0 Å². The van der Waals surface area contributed by atoms with Crippen molar-refractivity contribution in [2.24, 2.45) is 0 Å². The van der Waals surface area contributed by atoms with Gasteiger partial charge in [0.2, 0.25) is 0 Å². The summed E-state index contributed by atoms with van der Waals surface area (Å²) in [4.78, 5) is 16.0. The van der Waals surface area contributed by atoms with Gasteiger partial charge in [-0.15, -0.1) is 11.8 Å². The van der Waals surface area contributed by atoms with Crippen LogP contribution in [0.1, 0.15) is 15.9 Å². The van der Waals surface area contributed by atoms with Crippen LogP contribution >= 0.6 is 23.4 Å². The van der Waals surface area contributed by atoms with Crippen molar-refractivity contribution in [2.75, 3.05) is 12.8 Å². The van der Waals surface area contributed by atoms with E-state index in [9.17, 15) is 4.79 Å². The van der Waals surface area contributed by atoms with Gasteiger partial charge in [-0.05, 0) is 23.8 Å². The number of aromatic nitrogens is 1. The fourth-order valence-corrected chi connectivity index (χ4v) is 2.64. The maximum atomic E-state index is 11.8. The molecule has 0 unspecified atom stereocenters. The Morgan fingerprint density at radius 2 is 2.20 bits per heavy atom. The number of methoxy groups -OCH3 is 1. The Morgan fingerprint density at radius 1 is 1.40 bits per heavy atom. The molecule has 20 heavy (non-hydrogen) atoms. The highest BCUT2D eigenvalue weighted by molar-refractivity contribution is 7.98. The first-order valence-corrected chi connectivity index (χ1v) is 7.18. The zero-order chi connectivity index (χ0) is 14.5. The smallest absolute Gasteiger partial charge is 0.340 e. The van der Waals surface area contributed by atoms with E-state index in [0.29, 0.717) is 22.0 Å². The fraction of sp³-hybridized carbons (Fsp3) is 0.143. The number of hydrogen-bond acceptors (Lipinski definition) is 5. The number of carbonyl (C=O) groups is 1. The molecule has 1 heterocycles. The molecule has 2 rings (SSSR count). The molecule has 0 bridgehead atoms. The zero-order valence-electron chi connectivity index (χ0n) is 10.8. The Morgan fingerprint density at radius 3 is 2.85 bits per heavy atom. The molecule has 0 aliphatic rings. The molecule has 0 atom stereocenters. The van der Waals surface area contributed by atoms with E-state index in [2.05, 4.69) is 4.98 Å². The molecule has 0 aliphatic heterocycles. The van der Waals surface area contributed by atoms with E-state index in [1.54, 1.807) is 18.3 Å². The number of hydrogen-bond donors (Lipinski definition) is 1. The molecule has 0 fully saturated rings. The Balaban J connectivity index is 2.19. The average Bonchev–Trinajstić information content (AvgIpc) is 2.46. The number of nitrogens with zero attached hydrogens (tertiary/aromatic N) is 1. The molecule has 4 nitrogen and oxygen atoms in total. The van der Waals surface area contributed by atoms with Crippen molar-refractivity contribution in [1.29, 1.82) is 0 Å². The summed E-state index contributed by atoms with van der Waals surface area (Å²) in [6.45, 7) is 0. The van der Waals surface area contributed by atoms with Gasteiger partial charge in [-0.1, -0.05) is 23.7 Å².